The number of fused-ring (bicyclic) bond motifs is 1. The molecule has 2 amide bonds. The Hall–Kier alpha value is -6.49. The summed E-state index contributed by atoms with van der Waals surface area (Å²) in [6.45, 7) is 3.20. The molecule has 0 spiro atoms. The zero-order valence-electron chi connectivity index (χ0n) is 28.5. The van der Waals surface area contributed by atoms with Gasteiger partial charge in [0.2, 0.25) is 11.0 Å². The fraction of sp³-hybridized carbons (Fsp3) is 0.290. The second kappa shape index (κ2) is 16.0. The molecule has 0 radical (unpaired) electrons. The number of aliphatic imine (C=N–C) groups is 1. The number of carbonyl (C=O) groups excluding carboxylic acids is 2. The second-order valence-electron chi connectivity index (χ2n) is 12.0. The quantitative estimate of drug-likeness (QED) is 0.0224. The first kappa shape index (κ1) is 38.7. The molecular formula is C31H35N12O9S2+. The molecule has 54 heavy (non-hydrogen) atoms. The SMILES string of the molecule is CC(C)(O/N=C(\C(N)=N[C@@H]1C(=O)N2C(C(=O)O)=C(/C=C/C[n+]3cnc(N)c(NCCNC(=O)c4cc(=O)c(O)c[nH]4)c3)CSC12)c1csc(N)n1)C(=O)O. The van der Waals surface area contributed by atoms with Crippen LogP contribution < -0.4 is 37.8 Å². The molecule has 23 heteroatoms. The molecule has 3 aromatic rings. The summed E-state index contributed by atoms with van der Waals surface area (Å²) < 4.78 is 1.67. The van der Waals surface area contributed by atoms with Crippen LogP contribution in [-0.2, 0) is 25.8 Å². The molecule has 12 N–H and O–H groups in total. The summed E-state index contributed by atoms with van der Waals surface area (Å²) in [7, 11) is 0. The lowest BCUT2D eigenvalue weighted by Gasteiger charge is -2.47. The summed E-state index contributed by atoms with van der Waals surface area (Å²) in [4.78, 5) is 82.6. The number of pyridine rings is 1. The number of thioether (sulfide) groups is 1. The van der Waals surface area contributed by atoms with Crippen LogP contribution >= 0.6 is 23.1 Å². The number of carbonyl (C=O) groups is 4. The molecular weight excluding hydrogens is 749 g/mol. The minimum absolute atomic E-state index is 0.0168. The highest BCUT2D eigenvalue weighted by Gasteiger charge is 2.53. The number of β-lactam (4-membered cyclic amide) rings is 1. The lowest BCUT2D eigenvalue weighted by Crippen LogP contribution is -2.64. The number of carboxylic acids is 2. The Bertz CT molecular complexity index is 2180. The number of amides is 2. The second-order valence-corrected chi connectivity index (χ2v) is 14.0. The van der Waals surface area contributed by atoms with Crippen molar-refractivity contribution in [3.05, 3.63) is 75.2 Å². The maximum absolute atomic E-state index is 13.3. The van der Waals surface area contributed by atoms with Crippen LogP contribution in [0.3, 0.4) is 0 Å². The molecule has 0 bridgehead atoms. The monoisotopic (exact) mass is 783 g/mol. The summed E-state index contributed by atoms with van der Waals surface area (Å²) >= 11 is 2.34. The van der Waals surface area contributed by atoms with Crippen LogP contribution in [0.2, 0.25) is 0 Å². The van der Waals surface area contributed by atoms with Crippen molar-refractivity contribution in [1.29, 1.82) is 0 Å². The van der Waals surface area contributed by atoms with Gasteiger partial charge >= 0.3 is 11.9 Å². The first-order valence-electron chi connectivity index (χ1n) is 15.8. The normalized spacial score (nSPS) is 17.6. The van der Waals surface area contributed by atoms with E-state index in [1.165, 1.54) is 37.3 Å². The van der Waals surface area contributed by atoms with Gasteiger partial charge in [0.05, 0.1) is 0 Å². The van der Waals surface area contributed by atoms with Gasteiger partial charge in [-0.3, -0.25) is 24.3 Å². The summed E-state index contributed by atoms with van der Waals surface area (Å²) in [5, 5.41) is 39.4. The summed E-state index contributed by atoms with van der Waals surface area (Å²) in [6, 6.07) is -0.0894. The molecule has 2 aliphatic heterocycles. The van der Waals surface area contributed by atoms with Crippen LogP contribution in [0.5, 0.6) is 5.75 Å². The Balaban J connectivity index is 1.24. The van der Waals surface area contributed by atoms with Gasteiger partial charge in [-0.1, -0.05) is 11.2 Å². The summed E-state index contributed by atoms with van der Waals surface area (Å²) in [5.41, 5.74) is 16.2. The van der Waals surface area contributed by atoms with Crippen molar-refractivity contribution in [2.24, 2.45) is 15.9 Å². The van der Waals surface area contributed by atoms with Crippen molar-refractivity contribution in [1.82, 2.24) is 25.2 Å². The number of rotatable bonds is 15. The van der Waals surface area contributed by atoms with Crippen molar-refractivity contribution >= 4 is 75.0 Å². The van der Waals surface area contributed by atoms with E-state index in [4.69, 9.17) is 22.0 Å². The predicted molar refractivity (Wildman–Crippen MR) is 197 cm³/mol. The van der Waals surface area contributed by atoms with Crippen LogP contribution in [0.15, 0.2) is 68.5 Å². The number of aromatic nitrogens is 4. The number of aliphatic carboxylic acids is 2. The molecule has 21 nitrogen and oxygen atoms in total. The van der Waals surface area contributed by atoms with Crippen molar-refractivity contribution < 1.29 is 43.9 Å². The molecule has 0 aliphatic carbocycles. The fourth-order valence-corrected chi connectivity index (χ4v) is 6.70. The number of H-pyrrole nitrogens is 1. The minimum Gasteiger partial charge on any atom is -0.503 e. The third-order valence-electron chi connectivity index (χ3n) is 7.75. The van der Waals surface area contributed by atoms with E-state index >= 15 is 0 Å². The van der Waals surface area contributed by atoms with E-state index in [0.717, 1.165) is 28.5 Å². The fourth-order valence-electron chi connectivity index (χ4n) is 4.86. The largest absolute Gasteiger partial charge is 0.503 e. The van der Waals surface area contributed by atoms with E-state index in [1.807, 2.05) is 0 Å². The number of thiazole rings is 1. The first-order chi connectivity index (χ1) is 25.6. The average molecular weight is 784 g/mol. The Morgan fingerprint density at radius 1 is 1.24 bits per heavy atom. The topological polar surface area (TPSA) is 331 Å². The number of oxime groups is 1. The molecule has 5 rings (SSSR count). The molecule has 2 aliphatic rings. The number of nitrogens with one attached hydrogen (secondary N) is 3. The van der Waals surface area contributed by atoms with Gasteiger partial charge in [-0.25, -0.2) is 19.1 Å². The lowest BCUT2D eigenvalue weighted by atomic mass is 10.0. The highest BCUT2D eigenvalue weighted by molar-refractivity contribution is 8.00. The summed E-state index contributed by atoms with van der Waals surface area (Å²) in [6.07, 6.45) is 7.46. The maximum atomic E-state index is 13.3. The highest BCUT2D eigenvalue weighted by Crippen LogP contribution is 2.42. The number of amidine groups is 1. The van der Waals surface area contributed by atoms with Crippen LogP contribution in [0, 0.1) is 0 Å². The van der Waals surface area contributed by atoms with Crippen LogP contribution in [0.4, 0.5) is 16.6 Å². The molecule has 5 heterocycles. The van der Waals surface area contributed by atoms with Crippen molar-refractivity contribution in [2.45, 2.75) is 37.4 Å². The third kappa shape index (κ3) is 8.58. The van der Waals surface area contributed by atoms with Gasteiger partial charge in [0, 0.05) is 36.5 Å². The number of aromatic hydroxyl groups is 1. The number of allylic oxidation sites excluding steroid dienone is 2. The van der Waals surface area contributed by atoms with Crippen LogP contribution in [0.1, 0.15) is 30.0 Å². The molecule has 1 fully saturated rings. The van der Waals surface area contributed by atoms with Crippen LogP contribution in [-0.4, -0.2) is 106 Å². The van der Waals surface area contributed by atoms with E-state index in [1.54, 1.807) is 22.9 Å². The highest BCUT2D eigenvalue weighted by atomic mass is 32.2. The maximum Gasteiger partial charge on any atom is 0.352 e. The summed E-state index contributed by atoms with van der Waals surface area (Å²) in [5.74, 6) is -4.16. The number of hydrogen-bond acceptors (Lipinski definition) is 16. The molecule has 0 saturated carbocycles. The Kier molecular flexibility index (Phi) is 11.5. The van der Waals surface area contributed by atoms with Gasteiger partial charge in [0.25, 0.3) is 24.0 Å². The minimum atomic E-state index is -1.73. The van der Waals surface area contributed by atoms with Gasteiger partial charge in [-0.2, -0.15) is 0 Å². The molecule has 1 unspecified atom stereocenters. The third-order valence-corrected chi connectivity index (χ3v) is 9.71. The Morgan fingerprint density at radius 3 is 2.67 bits per heavy atom. The number of nitrogen functional groups attached to an aromatic ring is 2. The van der Waals surface area contributed by atoms with E-state index in [9.17, 15) is 39.3 Å². The predicted octanol–water partition coefficient (Wildman–Crippen LogP) is -0.954. The molecule has 2 atom stereocenters. The van der Waals surface area contributed by atoms with E-state index in [-0.39, 0.29) is 65.0 Å². The van der Waals surface area contributed by atoms with Crippen molar-refractivity contribution in [3.8, 4) is 5.75 Å². The van der Waals surface area contributed by atoms with E-state index in [2.05, 4.69) is 35.7 Å². The molecule has 1 saturated heterocycles. The van der Waals surface area contributed by atoms with Crippen molar-refractivity contribution in [2.75, 3.05) is 35.6 Å². The van der Waals surface area contributed by atoms with Crippen LogP contribution in [0.25, 0.3) is 0 Å². The molecule has 284 valence electrons. The van der Waals surface area contributed by atoms with Gasteiger partial charge in [-0.05, 0) is 30.5 Å². The van der Waals surface area contributed by atoms with E-state index in [0.29, 0.717) is 11.3 Å². The van der Waals surface area contributed by atoms with Crippen molar-refractivity contribution in [3.63, 3.8) is 0 Å². The number of nitrogens with zero attached hydrogens (tertiary/aromatic N) is 6. The smallest absolute Gasteiger partial charge is 0.352 e. The molecule has 3 aromatic heterocycles. The van der Waals surface area contributed by atoms with Gasteiger partial charge in [0.1, 0.15) is 40.9 Å². The van der Waals surface area contributed by atoms with Gasteiger partial charge in [-0.15, -0.1) is 23.1 Å². The number of hydrogen-bond donors (Lipinski definition) is 9. The Morgan fingerprint density at radius 2 is 2.00 bits per heavy atom. The Labute approximate surface area is 313 Å². The zero-order chi connectivity index (χ0) is 39.3. The lowest BCUT2D eigenvalue weighted by molar-refractivity contribution is -0.689. The number of carboxylic acid groups (broad SMARTS) is 2. The number of nitrogens with two attached hydrogens (primary N) is 3. The zero-order valence-corrected chi connectivity index (χ0v) is 30.2. The average Bonchev–Trinajstić information content (AvgIpc) is 3.56. The first-order valence-corrected chi connectivity index (χ1v) is 17.7. The number of anilines is 3. The van der Waals surface area contributed by atoms with E-state index < -0.39 is 51.9 Å². The van der Waals surface area contributed by atoms with Gasteiger partial charge < -0.3 is 53.0 Å². The standard InChI is InChI=1S/C31H34N12O9S2/c1-31(2,29(50)51)52-41-20(17-12-54-30(34)39-17)24(33)40-21-26(47)43-22(28(48)49)14(11-53-27(21)43)4-3-7-42-10-16(23(32)38-13-42)35-5-6-36-25(46)15-8-18(44)19(45)9-37-15/h3-4,8-10,12-13,21,27,32,35H,5-7,11H2,1-2H3,(H9,33,34,36,37,39,40,41,44,45,46,48,49,50,51)/p+1/b4-3+/t21-,27?/m1/s1. The number of aromatic amines is 1. The van der Waals surface area contributed by atoms with Gasteiger partial charge in [0.15, 0.2) is 28.5 Å². The molecule has 0 aromatic carbocycles.